The van der Waals surface area contributed by atoms with Gasteiger partial charge in [0.2, 0.25) is 0 Å². The van der Waals surface area contributed by atoms with Gasteiger partial charge in [-0.3, -0.25) is 0 Å². The lowest BCUT2D eigenvalue weighted by Crippen LogP contribution is -2.37. The maximum atomic E-state index is 13.2. The molecule has 2 aliphatic carbocycles. The third kappa shape index (κ3) is 2.22. The Hall–Kier alpha value is -0.780. The van der Waals surface area contributed by atoms with E-state index in [1.165, 1.54) is 7.11 Å². The van der Waals surface area contributed by atoms with Gasteiger partial charge in [0.05, 0.1) is 12.2 Å². The van der Waals surface area contributed by atoms with Gasteiger partial charge in [0.1, 0.15) is 18.3 Å². The van der Waals surface area contributed by atoms with Crippen molar-refractivity contribution in [2.45, 2.75) is 49.8 Å². The van der Waals surface area contributed by atoms with E-state index in [4.69, 9.17) is 14.2 Å². The number of rotatable bonds is 3. The normalized spacial score (nSPS) is 42.9. The van der Waals surface area contributed by atoms with Gasteiger partial charge >= 0.3 is 0 Å². The zero-order valence-corrected chi connectivity index (χ0v) is 10.1. The van der Waals surface area contributed by atoms with Crippen molar-refractivity contribution in [2.24, 2.45) is 0 Å². The summed E-state index contributed by atoms with van der Waals surface area (Å²) in [6.07, 6.45) is 4.52. The molecule has 2 fully saturated rings. The van der Waals surface area contributed by atoms with Gasteiger partial charge in [-0.2, -0.15) is 0 Å². The molecule has 5 atom stereocenters. The quantitative estimate of drug-likeness (QED) is 0.728. The first-order valence-electron chi connectivity index (χ1n) is 6.28. The van der Waals surface area contributed by atoms with Gasteiger partial charge in [-0.25, -0.2) is 8.78 Å². The molecular weight excluding hydrogens is 242 g/mol. The average Bonchev–Trinajstić information content (AvgIpc) is 3.13. The molecule has 100 valence electrons. The highest BCUT2D eigenvalue weighted by atomic mass is 19.2. The van der Waals surface area contributed by atoms with Gasteiger partial charge in [-0.05, 0) is 31.4 Å². The van der Waals surface area contributed by atoms with Crippen molar-refractivity contribution in [2.75, 3.05) is 7.11 Å². The van der Waals surface area contributed by atoms with Crippen molar-refractivity contribution < 1.29 is 23.0 Å². The number of methoxy groups -OCH3 is 1. The van der Waals surface area contributed by atoms with Crippen LogP contribution in [0, 0.1) is 0 Å². The summed E-state index contributed by atoms with van der Waals surface area (Å²) >= 11 is 0. The molecule has 0 spiro atoms. The number of hydrogen-bond acceptors (Lipinski definition) is 3. The number of allylic oxidation sites excluding steroid dienone is 2. The average molecular weight is 258 g/mol. The number of ether oxygens (including phenoxy) is 3. The summed E-state index contributed by atoms with van der Waals surface area (Å²) < 4.78 is 42.8. The van der Waals surface area contributed by atoms with E-state index in [2.05, 4.69) is 0 Å². The highest BCUT2D eigenvalue weighted by Crippen LogP contribution is 2.39. The van der Waals surface area contributed by atoms with Crippen LogP contribution in [0.5, 0.6) is 0 Å². The van der Waals surface area contributed by atoms with Gasteiger partial charge in [0.15, 0.2) is 11.7 Å². The molecule has 18 heavy (non-hydrogen) atoms. The fraction of sp³-hybridized carbons (Fsp3) is 0.692. The van der Waals surface area contributed by atoms with E-state index in [1.54, 1.807) is 0 Å². The molecule has 0 N–H and O–H groups in total. The van der Waals surface area contributed by atoms with Crippen LogP contribution >= 0.6 is 0 Å². The van der Waals surface area contributed by atoms with Crippen LogP contribution in [0.25, 0.3) is 0 Å². The van der Waals surface area contributed by atoms with Crippen molar-refractivity contribution in [3.63, 3.8) is 0 Å². The minimum Gasteiger partial charge on any atom is -0.374 e. The zero-order valence-electron chi connectivity index (χ0n) is 10.1. The summed E-state index contributed by atoms with van der Waals surface area (Å²) in [6.45, 7) is 0. The maximum absolute atomic E-state index is 13.2. The molecule has 1 aliphatic heterocycles. The van der Waals surface area contributed by atoms with Gasteiger partial charge in [-0.15, -0.1) is 0 Å². The molecule has 3 rings (SSSR count). The van der Waals surface area contributed by atoms with E-state index in [1.807, 2.05) is 0 Å². The summed E-state index contributed by atoms with van der Waals surface area (Å²) in [5, 5.41) is 0. The van der Waals surface area contributed by atoms with Crippen molar-refractivity contribution in [1.29, 1.82) is 0 Å². The predicted octanol–water partition coefficient (Wildman–Crippen LogP) is 2.43. The Morgan fingerprint density at radius 1 is 1.17 bits per heavy atom. The second-order valence-electron chi connectivity index (χ2n) is 4.94. The highest BCUT2D eigenvalue weighted by Gasteiger charge is 2.49. The molecule has 3 nitrogen and oxygen atoms in total. The van der Waals surface area contributed by atoms with E-state index in [9.17, 15) is 8.78 Å². The minimum atomic E-state index is -0.883. The Bertz CT molecular complexity index is 394. The molecule has 1 heterocycles. The third-order valence-corrected chi connectivity index (χ3v) is 3.74. The van der Waals surface area contributed by atoms with Crippen LogP contribution in [0.4, 0.5) is 8.78 Å². The smallest absolute Gasteiger partial charge is 0.157 e. The van der Waals surface area contributed by atoms with Crippen LogP contribution in [0.2, 0.25) is 0 Å². The fourth-order valence-electron chi connectivity index (χ4n) is 2.70. The second kappa shape index (κ2) is 4.72. The summed E-state index contributed by atoms with van der Waals surface area (Å²) in [6, 6.07) is 0. The van der Waals surface area contributed by atoms with E-state index in [0.717, 1.165) is 31.4 Å². The Morgan fingerprint density at radius 2 is 1.89 bits per heavy atom. The van der Waals surface area contributed by atoms with E-state index < -0.39 is 23.9 Å². The Kier molecular flexibility index (Phi) is 3.21. The first kappa shape index (κ1) is 12.3. The molecule has 3 aliphatic rings. The summed E-state index contributed by atoms with van der Waals surface area (Å²) in [5.41, 5.74) is 0. The molecule has 0 radical (unpaired) electrons. The predicted molar refractivity (Wildman–Crippen MR) is 60.4 cm³/mol. The van der Waals surface area contributed by atoms with Crippen LogP contribution in [0.3, 0.4) is 0 Å². The number of hydrogen-bond donors (Lipinski definition) is 0. The zero-order chi connectivity index (χ0) is 12.7. The number of fused-ring (bicyclic) bond motifs is 1. The Balaban J connectivity index is 1.67. The molecule has 2 unspecified atom stereocenters. The van der Waals surface area contributed by atoms with Crippen LogP contribution in [0.15, 0.2) is 23.8 Å². The molecule has 5 heteroatoms. The molecule has 1 saturated heterocycles. The van der Waals surface area contributed by atoms with Gasteiger partial charge < -0.3 is 14.2 Å². The van der Waals surface area contributed by atoms with Crippen molar-refractivity contribution in [3.8, 4) is 0 Å². The van der Waals surface area contributed by atoms with Crippen molar-refractivity contribution >= 4 is 0 Å². The summed E-state index contributed by atoms with van der Waals surface area (Å²) in [4.78, 5) is 0. The van der Waals surface area contributed by atoms with Crippen LogP contribution in [0.1, 0.15) is 19.3 Å². The lowest BCUT2D eigenvalue weighted by atomic mass is 9.97. The topological polar surface area (TPSA) is 31.0 Å². The minimum absolute atomic E-state index is 0.0370. The third-order valence-electron chi connectivity index (χ3n) is 3.74. The Morgan fingerprint density at radius 3 is 2.61 bits per heavy atom. The van der Waals surface area contributed by atoms with Crippen LogP contribution in [-0.4, -0.2) is 37.6 Å². The largest absolute Gasteiger partial charge is 0.374 e. The van der Waals surface area contributed by atoms with Crippen LogP contribution < -0.4 is 0 Å². The lowest BCUT2D eigenvalue weighted by Gasteiger charge is -2.29. The highest BCUT2D eigenvalue weighted by molar-refractivity contribution is 5.28. The standard InChI is InChI=1S/C13H16F2O3/c1-16-11-5-7(14)8(15)6-12(11)17-9-3-2-4-10-13(9)18-10/h5-6,9-13H,2-4H2,1H3/t9?,10-,11?,12-,13+/m1/s1. The molecule has 0 aromatic rings. The summed E-state index contributed by atoms with van der Waals surface area (Å²) in [5.74, 6) is -1.76. The van der Waals surface area contributed by atoms with E-state index >= 15 is 0 Å². The molecule has 1 saturated carbocycles. The number of halogens is 2. The Labute approximate surface area is 104 Å². The molecular formula is C13H16F2O3. The lowest BCUT2D eigenvalue weighted by molar-refractivity contribution is -0.0657. The van der Waals surface area contributed by atoms with E-state index in [0.29, 0.717) is 6.10 Å². The molecule has 0 aromatic heterocycles. The van der Waals surface area contributed by atoms with Gasteiger partial charge in [-0.1, -0.05) is 0 Å². The first-order chi connectivity index (χ1) is 8.69. The van der Waals surface area contributed by atoms with Gasteiger partial charge in [0.25, 0.3) is 0 Å². The monoisotopic (exact) mass is 258 g/mol. The molecule has 0 aromatic carbocycles. The second-order valence-corrected chi connectivity index (χ2v) is 4.94. The van der Waals surface area contributed by atoms with E-state index in [-0.39, 0.29) is 12.2 Å². The van der Waals surface area contributed by atoms with Gasteiger partial charge in [0, 0.05) is 7.11 Å². The number of epoxide rings is 1. The fourth-order valence-corrected chi connectivity index (χ4v) is 2.70. The summed E-state index contributed by atoms with van der Waals surface area (Å²) in [7, 11) is 1.46. The molecule has 0 amide bonds. The van der Waals surface area contributed by atoms with Crippen molar-refractivity contribution in [3.05, 3.63) is 23.8 Å². The maximum Gasteiger partial charge on any atom is 0.157 e. The SMILES string of the molecule is COC1C=C(F)C(F)=C[C@H]1OC1CCC[C@H]2O[C@@H]12. The molecule has 0 bridgehead atoms. The first-order valence-corrected chi connectivity index (χ1v) is 6.28. The van der Waals surface area contributed by atoms with Crippen molar-refractivity contribution in [1.82, 2.24) is 0 Å². The van der Waals surface area contributed by atoms with Crippen LogP contribution in [-0.2, 0) is 14.2 Å².